The van der Waals surface area contributed by atoms with Crippen LogP contribution in [0.4, 0.5) is 0 Å². The maximum atomic E-state index is 5.97. The van der Waals surface area contributed by atoms with Crippen LogP contribution in [-0.2, 0) is 11.2 Å². The molecule has 5 heteroatoms. The van der Waals surface area contributed by atoms with Crippen molar-refractivity contribution in [1.82, 2.24) is 10.1 Å². The highest BCUT2D eigenvalue weighted by Crippen LogP contribution is 2.22. The molecule has 0 aliphatic rings. The van der Waals surface area contributed by atoms with Gasteiger partial charge in [-0.1, -0.05) is 32.9 Å². The second kappa shape index (κ2) is 6.12. The summed E-state index contributed by atoms with van der Waals surface area (Å²) in [7, 11) is 1.65. The van der Waals surface area contributed by atoms with Crippen LogP contribution in [0, 0.1) is 11.8 Å². The Morgan fingerprint density at radius 3 is 2.35 bits per heavy atom. The van der Waals surface area contributed by atoms with Gasteiger partial charge in [-0.05, 0) is 11.8 Å². The van der Waals surface area contributed by atoms with Crippen molar-refractivity contribution in [2.24, 2.45) is 17.6 Å². The maximum absolute atomic E-state index is 5.97. The molecule has 1 rings (SSSR count). The largest absolute Gasteiger partial charge is 0.373 e. The topological polar surface area (TPSA) is 74.2 Å². The fourth-order valence-electron chi connectivity index (χ4n) is 1.58. The Bertz CT molecular complexity index is 336. The molecule has 1 aromatic rings. The zero-order valence-corrected chi connectivity index (χ0v) is 11.3. The van der Waals surface area contributed by atoms with E-state index in [2.05, 4.69) is 37.8 Å². The molecular weight excluding hydrogens is 218 g/mol. The number of methoxy groups -OCH3 is 1. The van der Waals surface area contributed by atoms with Gasteiger partial charge in [0.25, 0.3) is 0 Å². The van der Waals surface area contributed by atoms with Gasteiger partial charge in [0.05, 0.1) is 0 Å². The molecule has 5 nitrogen and oxygen atoms in total. The molecule has 0 saturated carbocycles. The lowest BCUT2D eigenvalue weighted by Gasteiger charge is -2.14. The van der Waals surface area contributed by atoms with Crippen molar-refractivity contribution in [3.05, 3.63) is 11.7 Å². The number of aromatic nitrogens is 2. The minimum absolute atomic E-state index is 0.0448. The molecule has 0 aromatic carbocycles. The van der Waals surface area contributed by atoms with E-state index in [0.717, 1.165) is 0 Å². The quantitative estimate of drug-likeness (QED) is 0.823. The lowest BCUT2D eigenvalue weighted by atomic mass is 10.0. The Hall–Kier alpha value is -0.940. The first-order chi connectivity index (χ1) is 7.95. The van der Waals surface area contributed by atoms with Gasteiger partial charge in [0.2, 0.25) is 11.7 Å². The predicted octanol–water partition coefficient (Wildman–Crippen LogP) is 1.94. The van der Waals surface area contributed by atoms with E-state index in [4.69, 9.17) is 15.0 Å². The fourth-order valence-corrected chi connectivity index (χ4v) is 1.58. The Balaban J connectivity index is 2.70. The van der Waals surface area contributed by atoms with Crippen molar-refractivity contribution in [3.8, 4) is 0 Å². The van der Waals surface area contributed by atoms with Crippen LogP contribution in [0.3, 0.4) is 0 Å². The molecular formula is C12H23N3O2. The SMILES string of the molecule is COC(c1noc(CC(N)C(C)C)n1)C(C)C. The first-order valence-electron chi connectivity index (χ1n) is 6.06. The molecule has 2 N–H and O–H groups in total. The van der Waals surface area contributed by atoms with Gasteiger partial charge in [-0.3, -0.25) is 0 Å². The molecule has 0 fully saturated rings. The van der Waals surface area contributed by atoms with Gasteiger partial charge in [-0.15, -0.1) is 0 Å². The first kappa shape index (κ1) is 14.1. The van der Waals surface area contributed by atoms with Crippen molar-refractivity contribution in [1.29, 1.82) is 0 Å². The van der Waals surface area contributed by atoms with Gasteiger partial charge in [0.1, 0.15) is 6.10 Å². The third-order valence-electron chi connectivity index (χ3n) is 2.86. The molecule has 0 radical (unpaired) electrons. The van der Waals surface area contributed by atoms with Crippen LogP contribution >= 0.6 is 0 Å². The molecule has 1 heterocycles. The van der Waals surface area contributed by atoms with Gasteiger partial charge < -0.3 is 15.0 Å². The molecule has 98 valence electrons. The third-order valence-corrected chi connectivity index (χ3v) is 2.86. The minimum atomic E-state index is -0.122. The standard InChI is InChI=1S/C12H23N3O2/c1-7(2)9(13)6-10-14-12(15-17-10)11(16-5)8(3)4/h7-9,11H,6,13H2,1-5H3. The molecule has 0 spiro atoms. The zero-order chi connectivity index (χ0) is 13.0. The summed E-state index contributed by atoms with van der Waals surface area (Å²) in [5, 5.41) is 3.95. The summed E-state index contributed by atoms with van der Waals surface area (Å²) in [5.74, 6) is 1.90. The van der Waals surface area contributed by atoms with E-state index in [-0.39, 0.29) is 12.1 Å². The molecule has 17 heavy (non-hydrogen) atoms. The lowest BCUT2D eigenvalue weighted by Crippen LogP contribution is -2.28. The highest BCUT2D eigenvalue weighted by atomic mass is 16.5. The van der Waals surface area contributed by atoms with Crippen molar-refractivity contribution in [3.63, 3.8) is 0 Å². The van der Waals surface area contributed by atoms with Gasteiger partial charge in [0.15, 0.2) is 0 Å². The molecule has 0 amide bonds. The van der Waals surface area contributed by atoms with E-state index in [1.807, 2.05) is 0 Å². The molecule has 0 bridgehead atoms. The number of rotatable bonds is 6. The summed E-state index contributed by atoms with van der Waals surface area (Å²) in [5.41, 5.74) is 5.97. The van der Waals surface area contributed by atoms with Crippen LogP contribution in [0.15, 0.2) is 4.52 Å². The van der Waals surface area contributed by atoms with Gasteiger partial charge in [-0.25, -0.2) is 0 Å². The summed E-state index contributed by atoms with van der Waals surface area (Å²) in [6.45, 7) is 8.27. The van der Waals surface area contributed by atoms with Crippen molar-refractivity contribution >= 4 is 0 Å². The summed E-state index contributed by atoms with van der Waals surface area (Å²) < 4.78 is 10.5. The van der Waals surface area contributed by atoms with E-state index in [1.54, 1.807) is 7.11 Å². The van der Waals surface area contributed by atoms with Gasteiger partial charge in [-0.2, -0.15) is 4.98 Å². The predicted molar refractivity (Wildman–Crippen MR) is 65.4 cm³/mol. The number of nitrogens with zero attached hydrogens (tertiary/aromatic N) is 2. The zero-order valence-electron chi connectivity index (χ0n) is 11.3. The van der Waals surface area contributed by atoms with E-state index >= 15 is 0 Å². The number of nitrogens with two attached hydrogens (primary N) is 1. The second-order valence-corrected chi connectivity index (χ2v) is 5.06. The Morgan fingerprint density at radius 2 is 1.88 bits per heavy atom. The summed E-state index contributed by atoms with van der Waals surface area (Å²) in [4.78, 5) is 4.34. The van der Waals surface area contributed by atoms with Crippen LogP contribution in [0.25, 0.3) is 0 Å². The third kappa shape index (κ3) is 3.78. The highest BCUT2D eigenvalue weighted by Gasteiger charge is 2.22. The maximum Gasteiger partial charge on any atom is 0.228 e. The smallest absolute Gasteiger partial charge is 0.228 e. The lowest BCUT2D eigenvalue weighted by molar-refractivity contribution is 0.0555. The first-order valence-corrected chi connectivity index (χ1v) is 6.06. The van der Waals surface area contributed by atoms with Gasteiger partial charge in [0, 0.05) is 19.6 Å². The summed E-state index contributed by atoms with van der Waals surface area (Å²) in [6.07, 6.45) is 0.488. The van der Waals surface area contributed by atoms with E-state index in [1.165, 1.54) is 0 Å². The van der Waals surface area contributed by atoms with Crippen molar-refractivity contribution in [2.45, 2.75) is 46.3 Å². The molecule has 2 unspecified atom stereocenters. The molecule has 0 saturated heterocycles. The fraction of sp³-hybridized carbons (Fsp3) is 0.833. The minimum Gasteiger partial charge on any atom is -0.373 e. The van der Waals surface area contributed by atoms with E-state index in [0.29, 0.717) is 30.0 Å². The molecule has 2 atom stereocenters. The average Bonchev–Trinajstić information content (AvgIpc) is 2.66. The average molecular weight is 241 g/mol. The normalized spacial score (nSPS) is 15.5. The Kier molecular flexibility index (Phi) is 5.08. The summed E-state index contributed by atoms with van der Waals surface area (Å²) >= 11 is 0. The monoisotopic (exact) mass is 241 g/mol. The van der Waals surface area contributed by atoms with Crippen LogP contribution in [0.2, 0.25) is 0 Å². The van der Waals surface area contributed by atoms with Crippen LogP contribution < -0.4 is 5.73 Å². The summed E-state index contributed by atoms with van der Waals surface area (Å²) in [6, 6.07) is 0.0448. The molecule has 0 aliphatic heterocycles. The van der Waals surface area contributed by atoms with Gasteiger partial charge >= 0.3 is 0 Å². The number of hydrogen-bond donors (Lipinski definition) is 1. The number of ether oxygens (including phenoxy) is 1. The van der Waals surface area contributed by atoms with E-state index in [9.17, 15) is 0 Å². The van der Waals surface area contributed by atoms with Crippen LogP contribution in [0.1, 0.15) is 45.5 Å². The highest BCUT2D eigenvalue weighted by molar-refractivity contribution is 4.94. The Morgan fingerprint density at radius 1 is 1.24 bits per heavy atom. The number of hydrogen-bond acceptors (Lipinski definition) is 5. The van der Waals surface area contributed by atoms with Crippen LogP contribution in [0.5, 0.6) is 0 Å². The molecule has 1 aromatic heterocycles. The van der Waals surface area contributed by atoms with Crippen molar-refractivity contribution < 1.29 is 9.26 Å². The Labute approximate surface area is 103 Å². The van der Waals surface area contributed by atoms with E-state index < -0.39 is 0 Å². The molecule has 0 aliphatic carbocycles. The second-order valence-electron chi connectivity index (χ2n) is 5.06. The van der Waals surface area contributed by atoms with Crippen LogP contribution in [-0.4, -0.2) is 23.3 Å². The van der Waals surface area contributed by atoms with Crippen molar-refractivity contribution in [2.75, 3.05) is 7.11 Å².